The van der Waals surface area contributed by atoms with Gasteiger partial charge in [-0.1, -0.05) is 26.7 Å². The first-order valence-electron chi connectivity index (χ1n) is 4.22. The van der Waals surface area contributed by atoms with Gasteiger partial charge in [-0.15, -0.1) is 0 Å². The number of hydrogen-bond acceptors (Lipinski definition) is 0. The van der Waals surface area contributed by atoms with Crippen LogP contribution in [0.4, 0.5) is 0 Å². The summed E-state index contributed by atoms with van der Waals surface area (Å²) in [4.78, 5) is 0. The summed E-state index contributed by atoms with van der Waals surface area (Å²) in [7, 11) is 0. The second kappa shape index (κ2) is 17.3. The van der Waals surface area contributed by atoms with Gasteiger partial charge in [0.05, 0.1) is 0 Å². The molecule has 1 heteroatoms. The molecular formula is C10H22Y-2. The van der Waals surface area contributed by atoms with Crippen molar-refractivity contribution in [2.75, 3.05) is 0 Å². The van der Waals surface area contributed by atoms with Crippen molar-refractivity contribution in [1.29, 1.82) is 0 Å². The van der Waals surface area contributed by atoms with Crippen molar-refractivity contribution in [3.05, 3.63) is 13.3 Å². The van der Waals surface area contributed by atoms with E-state index >= 15 is 0 Å². The molecule has 0 bridgehead atoms. The zero-order valence-electron chi connectivity index (χ0n) is 8.56. The Morgan fingerprint density at radius 1 is 1.27 bits per heavy atom. The van der Waals surface area contributed by atoms with E-state index in [1.54, 1.807) is 0 Å². The van der Waals surface area contributed by atoms with Gasteiger partial charge in [0.1, 0.15) is 0 Å². The molecule has 1 radical (unpaired) electrons. The monoisotopic (exact) mass is 231 g/mol. The standard InChI is InChI=1S/C7H15.C3H7.Y/c1-4-5-6-7(2)3;1-3-2;/h7H,1,4-6H2,2-3H3;3H,1-2H3;/q2*-1;. The zero-order valence-corrected chi connectivity index (χ0v) is 11.4. The van der Waals surface area contributed by atoms with Crippen molar-refractivity contribution in [3.63, 3.8) is 0 Å². The summed E-state index contributed by atoms with van der Waals surface area (Å²) in [6, 6.07) is 0. The van der Waals surface area contributed by atoms with Crippen LogP contribution in [0.3, 0.4) is 0 Å². The van der Waals surface area contributed by atoms with Gasteiger partial charge in [0.25, 0.3) is 0 Å². The van der Waals surface area contributed by atoms with Crippen molar-refractivity contribution < 1.29 is 32.7 Å². The molecule has 0 aliphatic rings. The van der Waals surface area contributed by atoms with Crippen LogP contribution in [0, 0.1) is 19.3 Å². The van der Waals surface area contributed by atoms with Crippen LogP contribution in [-0.2, 0) is 32.7 Å². The van der Waals surface area contributed by atoms with Gasteiger partial charge < -0.3 is 13.3 Å². The van der Waals surface area contributed by atoms with Crippen LogP contribution in [0.15, 0.2) is 0 Å². The fourth-order valence-corrected chi connectivity index (χ4v) is 0.553. The van der Waals surface area contributed by atoms with Crippen molar-refractivity contribution in [1.82, 2.24) is 0 Å². The van der Waals surface area contributed by atoms with E-state index in [-0.39, 0.29) is 32.7 Å². The molecule has 0 spiro atoms. The summed E-state index contributed by atoms with van der Waals surface area (Å²) in [6.07, 6.45) is 5.72. The van der Waals surface area contributed by atoms with E-state index in [1.807, 2.05) is 20.3 Å². The molecular weight excluding hydrogens is 209 g/mol. The molecule has 0 aliphatic carbocycles. The number of rotatable bonds is 3. The van der Waals surface area contributed by atoms with Gasteiger partial charge in [0, 0.05) is 32.7 Å². The summed E-state index contributed by atoms with van der Waals surface area (Å²) in [5, 5.41) is 0. The van der Waals surface area contributed by atoms with Crippen LogP contribution < -0.4 is 0 Å². The Labute approximate surface area is 98.4 Å². The van der Waals surface area contributed by atoms with Gasteiger partial charge in [-0.3, -0.25) is 0 Å². The van der Waals surface area contributed by atoms with Gasteiger partial charge in [0.2, 0.25) is 0 Å². The minimum Gasteiger partial charge on any atom is -0.343 e. The van der Waals surface area contributed by atoms with E-state index in [2.05, 4.69) is 20.8 Å². The van der Waals surface area contributed by atoms with Crippen molar-refractivity contribution in [2.24, 2.45) is 5.92 Å². The third-order valence-corrected chi connectivity index (χ3v) is 1.03. The summed E-state index contributed by atoms with van der Waals surface area (Å²) >= 11 is 0. The van der Waals surface area contributed by atoms with Crippen LogP contribution in [0.1, 0.15) is 47.0 Å². The van der Waals surface area contributed by atoms with Crippen LogP contribution in [0.2, 0.25) is 0 Å². The molecule has 0 aromatic heterocycles. The second-order valence-corrected chi connectivity index (χ2v) is 2.97. The maximum atomic E-state index is 3.76. The summed E-state index contributed by atoms with van der Waals surface area (Å²) < 4.78 is 0. The summed E-state index contributed by atoms with van der Waals surface area (Å²) in [5.74, 6) is 0.863. The smallest absolute Gasteiger partial charge is 0 e. The molecule has 0 aromatic carbocycles. The van der Waals surface area contributed by atoms with E-state index in [0.717, 1.165) is 12.3 Å². The van der Waals surface area contributed by atoms with Gasteiger partial charge in [-0.2, -0.15) is 20.3 Å². The molecule has 0 saturated carbocycles. The zero-order chi connectivity index (χ0) is 8.41. The third kappa shape index (κ3) is 35.3. The van der Waals surface area contributed by atoms with Crippen LogP contribution in [0.5, 0.6) is 0 Å². The van der Waals surface area contributed by atoms with Crippen LogP contribution >= 0.6 is 0 Å². The second-order valence-electron chi connectivity index (χ2n) is 2.97. The molecule has 0 unspecified atom stereocenters. The van der Waals surface area contributed by atoms with Gasteiger partial charge >= 0.3 is 0 Å². The summed E-state index contributed by atoms with van der Waals surface area (Å²) in [6.45, 7) is 12.2. The van der Waals surface area contributed by atoms with Gasteiger partial charge in [-0.05, 0) is 5.92 Å². The summed E-state index contributed by atoms with van der Waals surface area (Å²) in [5.41, 5.74) is 0. The maximum Gasteiger partial charge on any atom is 0 e. The molecule has 0 aliphatic heterocycles. The molecule has 0 nitrogen and oxygen atoms in total. The first kappa shape index (κ1) is 18.0. The molecule has 0 heterocycles. The Morgan fingerprint density at radius 3 is 1.73 bits per heavy atom. The van der Waals surface area contributed by atoms with Crippen LogP contribution in [0.25, 0.3) is 0 Å². The van der Waals surface area contributed by atoms with E-state index in [4.69, 9.17) is 0 Å². The molecule has 67 valence electrons. The van der Waals surface area contributed by atoms with Crippen LogP contribution in [-0.4, -0.2) is 0 Å². The van der Waals surface area contributed by atoms with E-state index < -0.39 is 0 Å². The van der Waals surface area contributed by atoms with Gasteiger partial charge in [0.15, 0.2) is 0 Å². The molecule has 0 saturated heterocycles. The minimum absolute atomic E-state index is 0. The average Bonchev–Trinajstić information content (AvgIpc) is 1.85. The molecule has 0 fully saturated rings. The Hall–Kier alpha value is 1.10. The maximum absolute atomic E-state index is 3.76. The Balaban J connectivity index is -0.000000140. The normalized spacial score (nSPS) is 8.18. The molecule has 0 atom stereocenters. The number of unbranched alkanes of at least 4 members (excludes halogenated alkanes) is 1. The minimum atomic E-state index is 0. The number of hydrogen-bond donors (Lipinski definition) is 0. The predicted octanol–water partition coefficient (Wildman–Crippen LogP) is 3.87. The first-order chi connectivity index (χ1) is 4.68. The predicted molar refractivity (Wildman–Crippen MR) is 49.7 cm³/mol. The van der Waals surface area contributed by atoms with Crippen molar-refractivity contribution in [3.8, 4) is 0 Å². The SMILES string of the molecule is C[CH-]C.[CH2-]CCCC(C)C.[Y]. The molecule has 0 rings (SSSR count). The Bertz CT molecular complexity index is 42.1. The molecule has 0 amide bonds. The molecule has 0 N–H and O–H groups in total. The Kier molecular flexibility index (Phi) is 28.3. The Morgan fingerprint density at radius 2 is 1.64 bits per heavy atom. The average molecular weight is 231 g/mol. The largest absolute Gasteiger partial charge is 0.343 e. The topological polar surface area (TPSA) is 0 Å². The van der Waals surface area contributed by atoms with E-state index in [1.165, 1.54) is 12.8 Å². The quantitative estimate of drug-likeness (QED) is 0.647. The van der Waals surface area contributed by atoms with Crippen molar-refractivity contribution in [2.45, 2.75) is 47.0 Å². The van der Waals surface area contributed by atoms with E-state index in [9.17, 15) is 0 Å². The van der Waals surface area contributed by atoms with Crippen molar-refractivity contribution >= 4 is 0 Å². The first-order valence-corrected chi connectivity index (χ1v) is 4.22. The third-order valence-electron chi connectivity index (χ3n) is 1.03. The van der Waals surface area contributed by atoms with E-state index in [0.29, 0.717) is 0 Å². The molecule has 11 heavy (non-hydrogen) atoms. The molecule has 0 aromatic rings. The fourth-order valence-electron chi connectivity index (χ4n) is 0.553. The van der Waals surface area contributed by atoms with Gasteiger partial charge in [-0.25, -0.2) is 0 Å². The fraction of sp³-hybridized carbons (Fsp3) is 0.800.